The van der Waals surface area contributed by atoms with Crippen molar-refractivity contribution in [2.24, 2.45) is 0 Å². The van der Waals surface area contributed by atoms with Crippen LogP contribution in [0, 0.1) is 0 Å². The Morgan fingerprint density at radius 2 is 2.38 bits per heavy atom. The smallest absolute Gasteiger partial charge is 0.233 e. The van der Waals surface area contributed by atoms with Gasteiger partial charge in [-0.2, -0.15) is 0 Å². The molecule has 68 valence electrons. The van der Waals surface area contributed by atoms with Gasteiger partial charge in [0.15, 0.2) is 0 Å². The van der Waals surface area contributed by atoms with Crippen molar-refractivity contribution >= 4 is 5.78 Å². The summed E-state index contributed by atoms with van der Waals surface area (Å²) in [7, 11) is 0. The summed E-state index contributed by atoms with van der Waals surface area (Å²) in [5.74, 6) is 0.760. The van der Waals surface area contributed by atoms with Gasteiger partial charge in [-0.05, 0) is 12.6 Å². The second kappa shape index (κ2) is 3.53. The van der Waals surface area contributed by atoms with E-state index in [1.54, 1.807) is 6.20 Å². The quantitative estimate of drug-likeness (QED) is 0.753. The maximum absolute atomic E-state index is 4.18. The zero-order chi connectivity index (χ0) is 9.10. The molecule has 0 fully saturated rings. The first-order valence-electron chi connectivity index (χ1n) is 4.39. The molecule has 0 radical (unpaired) electrons. The molecule has 0 amide bonds. The van der Waals surface area contributed by atoms with Crippen LogP contribution in [0.1, 0.15) is 12.6 Å². The van der Waals surface area contributed by atoms with E-state index in [1.165, 1.54) is 0 Å². The average molecular weight is 176 g/mol. The highest BCUT2D eigenvalue weighted by Gasteiger charge is 2.00. The molecule has 0 saturated heterocycles. The minimum atomic E-state index is 0.760. The predicted octanol–water partition coefficient (Wildman–Crippen LogP) is 0.839. The summed E-state index contributed by atoms with van der Waals surface area (Å²) in [6, 6.07) is 1.91. The molecule has 4 heteroatoms. The van der Waals surface area contributed by atoms with Gasteiger partial charge in [-0.25, -0.2) is 9.97 Å². The van der Waals surface area contributed by atoms with Gasteiger partial charge in [0, 0.05) is 18.9 Å². The molecule has 2 rings (SSSR count). The van der Waals surface area contributed by atoms with Crippen LogP contribution in [0.5, 0.6) is 0 Å². The van der Waals surface area contributed by atoms with Crippen LogP contribution in [0.25, 0.3) is 5.78 Å². The minimum Gasteiger partial charge on any atom is -0.311 e. The standard InChI is InChI=1S/C9H12N4/c1-2-10-6-8-7-12-9-11-4-3-5-13(8)9/h3-5,7,10H,2,6H2,1H3. The minimum absolute atomic E-state index is 0.760. The molecule has 0 aromatic carbocycles. The van der Waals surface area contributed by atoms with Crippen LogP contribution in [0.2, 0.25) is 0 Å². The van der Waals surface area contributed by atoms with Crippen LogP contribution in [0.15, 0.2) is 24.7 Å². The van der Waals surface area contributed by atoms with Gasteiger partial charge in [-0.3, -0.25) is 4.40 Å². The van der Waals surface area contributed by atoms with E-state index in [0.717, 1.165) is 24.6 Å². The van der Waals surface area contributed by atoms with Crippen LogP contribution in [-0.4, -0.2) is 20.9 Å². The van der Waals surface area contributed by atoms with E-state index >= 15 is 0 Å². The topological polar surface area (TPSA) is 42.2 Å². The summed E-state index contributed by atoms with van der Waals surface area (Å²) in [5.41, 5.74) is 1.14. The maximum Gasteiger partial charge on any atom is 0.233 e. The third kappa shape index (κ3) is 1.53. The zero-order valence-corrected chi connectivity index (χ0v) is 7.57. The van der Waals surface area contributed by atoms with Crippen molar-refractivity contribution in [2.45, 2.75) is 13.5 Å². The van der Waals surface area contributed by atoms with Crippen molar-refractivity contribution in [3.63, 3.8) is 0 Å². The van der Waals surface area contributed by atoms with Gasteiger partial charge in [0.2, 0.25) is 5.78 Å². The third-order valence-corrected chi connectivity index (χ3v) is 1.92. The van der Waals surface area contributed by atoms with Gasteiger partial charge in [0.1, 0.15) is 0 Å². The highest BCUT2D eigenvalue weighted by Crippen LogP contribution is 2.02. The second-order valence-electron chi connectivity index (χ2n) is 2.82. The van der Waals surface area contributed by atoms with Gasteiger partial charge in [0.25, 0.3) is 0 Å². The summed E-state index contributed by atoms with van der Waals surface area (Å²) in [6.07, 6.45) is 5.58. The molecular weight excluding hydrogens is 164 g/mol. The fraction of sp³-hybridized carbons (Fsp3) is 0.333. The van der Waals surface area contributed by atoms with E-state index < -0.39 is 0 Å². The number of nitrogens with one attached hydrogen (secondary N) is 1. The first kappa shape index (κ1) is 8.19. The van der Waals surface area contributed by atoms with Crippen molar-refractivity contribution in [3.8, 4) is 0 Å². The molecule has 2 heterocycles. The third-order valence-electron chi connectivity index (χ3n) is 1.92. The van der Waals surface area contributed by atoms with Gasteiger partial charge in [-0.15, -0.1) is 0 Å². The van der Waals surface area contributed by atoms with Crippen molar-refractivity contribution in [1.29, 1.82) is 0 Å². The number of aromatic nitrogens is 3. The molecule has 2 aromatic rings. The van der Waals surface area contributed by atoms with Crippen molar-refractivity contribution in [1.82, 2.24) is 19.7 Å². The fourth-order valence-electron chi connectivity index (χ4n) is 1.26. The number of rotatable bonds is 3. The summed E-state index contributed by atoms with van der Waals surface area (Å²) < 4.78 is 1.99. The molecule has 0 spiro atoms. The lowest BCUT2D eigenvalue weighted by Crippen LogP contribution is -2.13. The molecule has 0 unspecified atom stereocenters. The van der Waals surface area contributed by atoms with E-state index in [2.05, 4.69) is 22.2 Å². The molecule has 13 heavy (non-hydrogen) atoms. The van der Waals surface area contributed by atoms with Gasteiger partial charge in [-0.1, -0.05) is 6.92 Å². The first-order chi connectivity index (χ1) is 6.42. The van der Waals surface area contributed by atoms with E-state index in [-0.39, 0.29) is 0 Å². The van der Waals surface area contributed by atoms with Crippen LogP contribution < -0.4 is 5.32 Å². The van der Waals surface area contributed by atoms with Crippen molar-refractivity contribution in [3.05, 3.63) is 30.4 Å². The lowest BCUT2D eigenvalue weighted by atomic mass is 10.4. The van der Waals surface area contributed by atoms with E-state index in [9.17, 15) is 0 Å². The average Bonchev–Trinajstić information content (AvgIpc) is 2.58. The normalized spacial score (nSPS) is 10.8. The molecule has 0 saturated carbocycles. The Kier molecular flexibility index (Phi) is 2.23. The maximum atomic E-state index is 4.18. The Hall–Kier alpha value is -1.42. The highest BCUT2D eigenvalue weighted by atomic mass is 15.1. The van der Waals surface area contributed by atoms with Crippen molar-refractivity contribution in [2.75, 3.05) is 6.54 Å². The van der Waals surface area contributed by atoms with Gasteiger partial charge >= 0.3 is 0 Å². The molecule has 4 nitrogen and oxygen atoms in total. The summed E-state index contributed by atoms with van der Waals surface area (Å²) >= 11 is 0. The fourth-order valence-corrected chi connectivity index (χ4v) is 1.26. The SMILES string of the molecule is CCNCc1cnc2ncccn12. The molecule has 0 aliphatic heterocycles. The highest BCUT2D eigenvalue weighted by molar-refractivity contribution is 5.30. The molecule has 0 aliphatic rings. The lowest BCUT2D eigenvalue weighted by molar-refractivity contribution is 0.705. The molecule has 2 aromatic heterocycles. The van der Waals surface area contributed by atoms with Gasteiger partial charge < -0.3 is 5.32 Å². The summed E-state index contributed by atoms with van der Waals surface area (Å²) in [6.45, 7) is 3.89. The van der Waals surface area contributed by atoms with E-state index in [0.29, 0.717) is 0 Å². The molecule has 0 bridgehead atoms. The molecule has 0 atom stereocenters. The van der Waals surface area contributed by atoms with Crippen molar-refractivity contribution < 1.29 is 0 Å². The van der Waals surface area contributed by atoms with Crippen LogP contribution in [-0.2, 0) is 6.54 Å². The van der Waals surface area contributed by atoms with E-state index in [4.69, 9.17) is 0 Å². The van der Waals surface area contributed by atoms with Crippen LogP contribution in [0.3, 0.4) is 0 Å². The summed E-state index contributed by atoms with van der Waals surface area (Å²) in [4.78, 5) is 8.32. The Balaban J connectivity index is 2.35. The zero-order valence-electron chi connectivity index (χ0n) is 7.57. The molecule has 0 aliphatic carbocycles. The Morgan fingerprint density at radius 3 is 3.23 bits per heavy atom. The second-order valence-corrected chi connectivity index (χ2v) is 2.82. The Bertz CT molecular complexity index is 393. The van der Waals surface area contributed by atoms with Crippen LogP contribution in [0.4, 0.5) is 0 Å². The number of nitrogens with zero attached hydrogens (tertiary/aromatic N) is 3. The lowest BCUT2D eigenvalue weighted by Gasteiger charge is -2.00. The van der Waals surface area contributed by atoms with Gasteiger partial charge in [0.05, 0.1) is 11.9 Å². The first-order valence-corrected chi connectivity index (χ1v) is 4.39. The number of imidazole rings is 1. The number of hydrogen-bond donors (Lipinski definition) is 1. The molecular formula is C9H12N4. The number of fused-ring (bicyclic) bond motifs is 1. The van der Waals surface area contributed by atoms with E-state index in [1.807, 2.05) is 22.9 Å². The Labute approximate surface area is 76.6 Å². The summed E-state index contributed by atoms with van der Waals surface area (Å²) in [5, 5.41) is 3.25. The largest absolute Gasteiger partial charge is 0.311 e. The predicted molar refractivity (Wildman–Crippen MR) is 50.4 cm³/mol. The number of hydrogen-bond acceptors (Lipinski definition) is 3. The monoisotopic (exact) mass is 176 g/mol. The molecule has 1 N–H and O–H groups in total. The van der Waals surface area contributed by atoms with Crippen LogP contribution >= 0.6 is 0 Å². The Morgan fingerprint density at radius 1 is 1.46 bits per heavy atom.